The predicted octanol–water partition coefficient (Wildman–Crippen LogP) is 11.0. The number of hydrogen-bond donors (Lipinski definition) is 0. The van der Waals surface area contributed by atoms with Crippen molar-refractivity contribution in [1.29, 1.82) is 0 Å². The van der Waals surface area contributed by atoms with Gasteiger partial charge in [-0.15, -0.1) is 0 Å². The van der Waals surface area contributed by atoms with Crippen molar-refractivity contribution in [3.05, 3.63) is 119 Å². The van der Waals surface area contributed by atoms with E-state index in [1.807, 2.05) is 12.3 Å². The van der Waals surface area contributed by atoms with Crippen molar-refractivity contribution in [1.82, 2.24) is 19.3 Å². The maximum absolute atomic E-state index is 6.57. The van der Waals surface area contributed by atoms with Gasteiger partial charge in [0.25, 0.3) is 0 Å². The highest BCUT2D eigenvalue weighted by molar-refractivity contribution is 6.09. The van der Waals surface area contributed by atoms with Crippen LogP contribution in [0.25, 0.3) is 33.3 Å². The van der Waals surface area contributed by atoms with Crippen LogP contribution in [0.5, 0.6) is 11.5 Å². The minimum absolute atomic E-state index is 0.395. The van der Waals surface area contributed by atoms with Crippen LogP contribution in [0, 0.1) is 25.7 Å². The van der Waals surface area contributed by atoms with Crippen LogP contribution < -0.4 is 4.74 Å². The molecule has 7 rings (SSSR count). The number of fused-ring (bicyclic) bond motifs is 3. The number of ether oxygens (including phenoxy) is 1. The molecule has 0 amide bonds. The Balaban J connectivity index is 1.27. The number of para-hydroxylation sites is 1. The van der Waals surface area contributed by atoms with Crippen molar-refractivity contribution in [2.75, 3.05) is 0 Å². The summed E-state index contributed by atoms with van der Waals surface area (Å²) in [7, 11) is 0. The third-order valence-electron chi connectivity index (χ3n) is 10.5. The smallest absolute Gasteiger partial charge is 0.137 e. The zero-order valence-electron chi connectivity index (χ0n) is 28.3. The molecule has 0 N–H and O–H groups in total. The van der Waals surface area contributed by atoms with Crippen LogP contribution in [-0.4, -0.2) is 19.3 Å². The van der Waals surface area contributed by atoms with Gasteiger partial charge in [0.2, 0.25) is 0 Å². The normalized spacial score (nSPS) is 18.7. The van der Waals surface area contributed by atoms with Crippen molar-refractivity contribution in [3.8, 4) is 23.0 Å². The molecule has 0 aliphatic heterocycles. The van der Waals surface area contributed by atoms with Gasteiger partial charge in [-0.3, -0.25) is 4.57 Å². The van der Waals surface area contributed by atoms with Crippen LogP contribution in [0.3, 0.4) is 0 Å². The lowest BCUT2D eigenvalue weighted by atomic mass is 9.68. The van der Waals surface area contributed by atoms with Crippen molar-refractivity contribution in [3.63, 3.8) is 0 Å². The summed E-state index contributed by atoms with van der Waals surface area (Å²) in [5, 5.41) is 7.46. The lowest BCUT2D eigenvalue weighted by Gasteiger charge is -2.36. The van der Waals surface area contributed by atoms with Crippen molar-refractivity contribution in [2.45, 2.75) is 73.6 Å². The van der Waals surface area contributed by atoms with Crippen LogP contribution in [-0.2, 0) is 0 Å². The zero-order chi connectivity index (χ0) is 32.3. The first-order valence-electron chi connectivity index (χ1n) is 16.6. The Morgan fingerprint density at radius 2 is 1.57 bits per heavy atom. The average molecular weight is 609 g/mol. The van der Waals surface area contributed by atoms with E-state index in [2.05, 4.69) is 137 Å². The summed E-state index contributed by atoms with van der Waals surface area (Å²) in [5.74, 6) is 4.51. The number of allylic oxidation sites excluding steroid dienone is 2. The second-order valence-corrected chi connectivity index (χ2v) is 13.7. The minimum atomic E-state index is 0.395. The first-order chi connectivity index (χ1) is 22.1. The summed E-state index contributed by atoms with van der Waals surface area (Å²) >= 11 is 0. The third kappa shape index (κ3) is 5.02. The standard InChI is InChI=1S/C41H44N4O/c1-24(2)31-18-19-42-39(21-31)44-37-15-10-9-14-35(37)36-17-16-34(23-38(36)44)46-33-13-11-12-32(22-33)45-30(8)41(29(7)43-45)40-27(5)25(3)20-26(4)28(40)6/h9-19,21-25,27,40H,20H2,1-8H3/t25-,27-,40?/m0/s1. The van der Waals surface area contributed by atoms with Gasteiger partial charge in [0.05, 0.1) is 22.4 Å². The molecule has 5 nitrogen and oxygen atoms in total. The number of aromatic nitrogens is 4. The van der Waals surface area contributed by atoms with E-state index in [9.17, 15) is 0 Å². The second kappa shape index (κ2) is 11.6. The fraction of sp³-hybridized carbons (Fsp3) is 0.317. The lowest BCUT2D eigenvalue weighted by molar-refractivity contribution is 0.321. The molecule has 5 heteroatoms. The van der Waals surface area contributed by atoms with Crippen LogP contribution in [0.15, 0.2) is 96.2 Å². The summed E-state index contributed by atoms with van der Waals surface area (Å²) in [6, 6.07) is 27.5. The quantitative estimate of drug-likeness (QED) is 0.177. The average Bonchev–Trinajstić information content (AvgIpc) is 3.53. The van der Waals surface area contributed by atoms with E-state index in [0.717, 1.165) is 39.7 Å². The largest absolute Gasteiger partial charge is 0.457 e. The summed E-state index contributed by atoms with van der Waals surface area (Å²) in [6.07, 6.45) is 3.10. The van der Waals surface area contributed by atoms with Gasteiger partial charge >= 0.3 is 0 Å². The number of rotatable bonds is 6. The lowest BCUT2D eigenvalue weighted by Crippen LogP contribution is -2.25. The molecule has 234 valence electrons. The van der Waals surface area contributed by atoms with E-state index < -0.39 is 0 Å². The molecule has 0 saturated carbocycles. The molecule has 0 saturated heterocycles. The van der Waals surface area contributed by atoms with E-state index in [4.69, 9.17) is 14.8 Å². The Labute approximate surface area is 272 Å². The van der Waals surface area contributed by atoms with Crippen molar-refractivity contribution in [2.24, 2.45) is 11.8 Å². The van der Waals surface area contributed by atoms with Crippen LogP contribution >= 0.6 is 0 Å². The molecular weight excluding hydrogens is 564 g/mol. The third-order valence-corrected chi connectivity index (χ3v) is 10.5. The molecule has 3 atom stereocenters. The molecule has 3 aromatic heterocycles. The van der Waals surface area contributed by atoms with Gasteiger partial charge in [-0.25, -0.2) is 9.67 Å². The summed E-state index contributed by atoms with van der Waals surface area (Å²) in [5.41, 5.74) is 11.2. The number of aryl methyl sites for hydroxylation is 1. The Morgan fingerprint density at radius 3 is 2.37 bits per heavy atom. The Bertz CT molecular complexity index is 2130. The molecule has 3 heterocycles. The first-order valence-corrected chi connectivity index (χ1v) is 16.6. The minimum Gasteiger partial charge on any atom is -0.457 e. The van der Waals surface area contributed by atoms with Gasteiger partial charge in [0.1, 0.15) is 17.3 Å². The number of hydrogen-bond acceptors (Lipinski definition) is 3. The maximum Gasteiger partial charge on any atom is 0.137 e. The Morgan fingerprint density at radius 1 is 0.804 bits per heavy atom. The molecule has 1 unspecified atom stereocenters. The van der Waals surface area contributed by atoms with Crippen LogP contribution in [0.2, 0.25) is 0 Å². The molecule has 0 radical (unpaired) electrons. The highest BCUT2D eigenvalue weighted by Gasteiger charge is 2.34. The van der Waals surface area contributed by atoms with Gasteiger partial charge in [-0.05, 0) is 99.9 Å². The highest BCUT2D eigenvalue weighted by atomic mass is 16.5. The zero-order valence-corrected chi connectivity index (χ0v) is 28.3. The van der Waals surface area contributed by atoms with E-state index in [1.54, 1.807) is 0 Å². The Kier molecular flexibility index (Phi) is 7.59. The molecule has 0 spiro atoms. The highest BCUT2D eigenvalue weighted by Crippen LogP contribution is 2.46. The fourth-order valence-corrected chi connectivity index (χ4v) is 7.64. The van der Waals surface area contributed by atoms with E-state index in [-0.39, 0.29) is 0 Å². The molecule has 6 aromatic rings. The van der Waals surface area contributed by atoms with Gasteiger partial charge in [0.15, 0.2) is 0 Å². The molecule has 0 bridgehead atoms. The van der Waals surface area contributed by atoms with E-state index in [0.29, 0.717) is 23.7 Å². The molecular formula is C41H44N4O. The maximum atomic E-state index is 6.57. The van der Waals surface area contributed by atoms with Crippen LogP contribution in [0.4, 0.5) is 0 Å². The van der Waals surface area contributed by atoms with Gasteiger partial charge < -0.3 is 4.74 Å². The number of nitrogens with zero attached hydrogens (tertiary/aromatic N) is 4. The van der Waals surface area contributed by atoms with E-state index in [1.165, 1.54) is 45.2 Å². The molecule has 3 aromatic carbocycles. The fourth-order valence-electron chi connectivity index (χ4n) is 7.64. The van der Waals surface area contributed by atoms with Gasteiger partial charge in [-0.1, -0.05) is 63.1 Å². The van der Waals surface area contributed by atoms with Gasteiger partial charge in [-0.2, -0.15) is 5.10 Å². The van der Waals surface area contributed by atoms with Crippen molar-refractivity contribution >= 4 is 21.8 Å². The summed E-state index contributed by atoms with van der Waals surface area (Å²) in [6.45, 7) is 18.2. The molecule has 46 heavy (non-hydrogen) atoms. The molecule has 1 aliphatic carbocycles. The monoisotopic (exact) mass is 608 g/mol. The number of pyridine rings is 1. The summed E-state index contributed by atoms with van der Waals surface area (Å²) in [4.78, 5) is 4.80. The molecule has 1 aliphatic rings. The van der Waals surface area contributed by atoms with E-state index >= 15 is 0 Å². The van der Waals surface area contributed by atoms with Gasteiger partial charge in [0, 0.05) is 46.3 Å². The van der Waals surface area contributed by atoms with Crippen LogP contribution in [0.1, 0.15) is 82.3 Å². The number of benzene rings is 3. The second-order valence-electron chi connectivity index (χ2n) is 13.7. The topological polar surface area (TPSA) is 44.9 Å². The first kappa shape index (κ1) is 30.0. The SMILES string of the molecule is CC1=C(C)C(c2c(C)nn(-c3cccc(Oc4ccc5c6ccccc6n(-c6cc(C(C)C)ccn6)c5c4)c3)c2C)[C@@H](C)[C@@H](C)C1. The summed E-state index contributed by atoms with van der Waals surface area (Å²) < 4.78 is 10.9. The predicted molar refractivity (Wildman–Crippen MR) is 190 cm³/mol. The van der Waals surface area contributed by atoms with Crippen molar-refractivity contribution < 1.29 is 4.74 Å². The Hall–Kier alpha value is -4.64. The molecule has 0 fully saturated rings.